The van der Waals surface area contributed by atoms with Gasteiger partial charge in [-0.05, 0) is 71.5 Å². The molecule has 1 fully saturated rings. The molecule has 1 aliphatic rings. The fraction of sp³-hybridized carbons (Fsp3) is 1.00. The Kier molecular flexibility index (Phi) is 6.82. The van der Waals surface area contributed by atoms with Crippen LogP contribution in [0.5, 0.6) is 0 Å². The molecule has 114 valence electrons. The van der Waals surface area contributed by atoms with Gasteiger partial charge in [0.15, 0.2) is 0 Å². The molecule has 1 aliphatic heterocycles. The summed E-state index contributed by atoms with van der Waals surface area (Å²) in [4.78, 5) is 5.19. The molecule has 0 aromatic rings. The molecule has 0 bridgehead atoms. The van der Waals surface area contributed by atoms with Gasteiger partial charge in [0.2, 0.25) is 0 Å². The molecule has 1 heterocycles. The van der Waals surface area contributed by atoms with E-state index in [9.17, 15) is 0 Å². The van der Waals surface area contributed by atoms with Crippen LogP contribution in [0.3, 0.4) is 0 Å². The number of rotatable bonds is 6. The van der Waals surface area contributed by atoms with Crippen LogP contribution in [0.2, 0.25) is 0 Å². The summed E-state index contributed by atoms with van der Waals surface area (Å²) in [6.45, 7) is 18.0. The van der Waals surface area contributed by atoms with Gasteiger partial charge in [0.1, 0.15) is 0 Å². The number of nitrogens with zero attached hydrogens (tertiary/aromatic N) is 2. The molecule has 1 rings (SSSR count). The molecule has 0 aromatic heterocycles. The second kappa shape index (κ2) is 7.64. The van der Waals surface area contributed by atoms with Crippen molar-refractivity contribution in [2.45, 2.75) is 66.5 Å². The van der Waals surface area contributed by atoms with Gasteiger partial charge in [-0.25, -0.2) is 0 Å². The van der Waals surface area contributed by atoms with E-state index in [0.717, 1.165) is 17.8 Å². The number of hydrogen-bond acceptors (Lipinski definition) is 2. The van der Waals surface area contributed by atoms with E-state index < -0.39 is 0 Å². The molecule has 2 heteroatoms. The molecule has 0 spiro atoms. The van der Waals surface area contributed by atoms with Gasteiger partial charge >= 0.3 is 0 Å². The van der Waals surface area contributed by atoms with Gasteiger partial charge in [-0.15, -0.1) is 0 Å². The topological polar surface area (TPSA) is 6.48 Å². The Balaban J connectivity index is 2.39. The minimum Gasteiger partial charge on any atom is -0.304 e. The van der Waals surface area contributed by atoms with E-state index in [1.807, 2.05) is 0 Å². The molecule has 1 saturated heterocycles. The highest BCUT2D eigenvalue weighted by Gasteiger charge is 2.27. The Bertz CT molecular complexity index is 242. The number of piperidine rings is 1. The zero-order valence-electron chi connectivity index (χ0n) is 14.3. The molecule has 0 amide bonds. The Hall–Kier alpha value is -0.0800. The first-order valence-corrected chi connectivity index (χ1v) is 8.27. The predicted octanol–water partition coefficient (Wildman–Crippen LogP) is 3.72. The van der Waals surface area contributed by atoms with Gasteiger partial charge in [-0.1, -0.05) is 20.8 Å². The lowest BCUT2D eigenvalue weighted by molar-refractivity contribution is 0.0809. The zero-order chi connectivity index (χ0) is 14.6. The summed E-state index contributed by atoms with van der Waals surface area (Å²) < 4.78 is 0. The van der Waals surface area contributed by atoms with E-state index in [1.165, 1.54) is 32.5 Å². The lowest BCUT2D eigenvalue weighted by Crippen LogP contribution is -2.46. The zero-order valence-corrected chi connectivity index (χ0v) is 14.3. The van der Waals surface area contributed by atoms with Crippen molar-refractivity contribution in [2.75, 3.05) is 26.7 Å². The molecular weight excluding hydrogens is 232 g/mol. The van der Waals surface area contributed by atoms with Crippen LogP contribution in [0.1, 0.15) is 54.4 Å². The smallest absolute Gasteiger partial charge is 0.0105 e. The Morgan fingerprint density at radius 2 is 1.53 bits per heavy atom. The molecule has 2 atom stereocenters. The molecule has 2 nitrogen and oxygen atoms in total. The maximum atomic E-state index is 2.72. The highest BCUT2D eigenvalue weighted by molar-refractivity contribution is 4.81. The second-order valence-corrected chi connectivity index (χ2v) is 7.37. The lowest BCUT2D eigenvalue weighted by Gasteiger charge is -2.40. The summed E-state index contributed by atoms with van der Waals surface area (Å²) in [5.41, 5.74) is 0. The average Bonchev–Trinajstić information content (AvgIpc) is 2.37. The average molecular weight is 268 g/mol. The highest BCUT2D eigenvalue weighted by Crippen LogP contribution is 2.27. The Labute approximate surface area is 121 Å². The van der Waals surface area contributed by atoms with Gasteiger partial charge in [-0.3, -0.25) is 0 Å². The van der Waals surface area contributed by atoms with Crippen molar-refractivity contribution < 1.29 is 0 Å². The fourth-order valence-electron chi connectivity index (χ4n) is 3.17. The molecule has 0 aliphatic carbocycles. The van der Waals surface area contributed by atoms with E-state index in [4.69, 9.17) is 0 Å². The second-order valence-electron chi connectivity index (χ2n) is 7.37. The van der Waals surface area contributed by atoms with Crippen molar-refractivity contribution in [1.82, 2.24) is 9.80 Å². The van der Waals surface area contributed by atoms with Crippen LogP contribution >= 0.6 is 0 Å². The van der Waals surface area contributed by atoms with Crippen LogP contribution in [-0.4, -0.2) is 48.6 Å². The summed E-state index contributed by atoms with van der Waals surface area (Å²) in [7, 11) is 2.25. The van der Waals surface area contributed by atoms with Gasteiger partial charge in [0.05, 0.1) is 0 Å². The molecule has 2 unspecified atom stereocenters. The predicted molar refractivity (Wildman–Crippen MR) is 85.5 cm³/mol. The van der Waals surface area contributed by atoms with Gasteiger partial charge < -0.3 is 9.80 Å². The highest BCUT2D eigenvalue weighted by atomic mass is 15.2. The summed E-state index contributed by atoms with van der Waals surface area (Å²) in [6.07, 6.45) is 2.80. The quantitative estimate of drug-likeness (QED) is 0.724. The first-order chi connectivity index (χ1) is 8.82. The third-order valence-corrected chi connectivity index (χ3v) is 5.37. The maximum Gasteiger partial charge on any atom is 0.0105 e. The fourth-order valence-corrected chi connectivity index (χ4v) is 3.17. The Morgan fingerprint density at radius 1 is 1.00 bits per heavy atom. The standard InChI is InChI=1S/C17H36N2/c1-13(2)17-8-10-19(11-9-17)16(6)15(5)12-18(7)14(3)4/h13-17H,8-12H2,1-7H3. The monoisotopic (exact) mass is 268 g/mol. The van der Waals surface area contributed by atoms with E-state index >= 15 is 0 Å². The van der Waals surface area contributed by atoms with Crippen molar-refractivity contribution >= 4 is 0 Å². The maximum absolute atomic E-state index is 2.72. The minimum absolute atomic E-state index is 0.654. The SMILES string of the molecule is CC(C)C1CCN(C(C)C(C)CN(C)C(C)C)CC1. The van der Waals surface area contributed by atoms with E-state index in [1.54, 1.807) is 0 Å². The van der Waals surface area contributed by atoms with Crippen molar-refractivity contribution in [3.8, 4) is 0 Å². The summed E-state index contributed by atoms with van der Waals surface area (Å²) in [6, 6.07) is 1.37. The van der Waals surface area contributed by atoms with Gasteiger partial charge in [0.25, 0.3) is 0 Å². The first-order valence-electron chi connectivity index (χ1n) is 8.27. The van der Waals surface area contributed by atoms with Crippen molar-refractivity contribution in [3.05, 3.63) is 0 Å². The van der Waals surface area contributed by atoms with Crippen molar-refractivity contribution in [3.63, 3.8) is 0 Å². The third-order valence-electron chi connectivity index (χ3n) is 5.37. The summed E-state index contributed by atoms with van der Waals surface area (Å²) in [5.74, 6) is 2.57. The van der Waals surface area contributed by atoms with Crippen LogP contribution in [-0.2, 0) is 0 Å². The molecule has 0 aromatic carbocycles. The van der Waals surface area contributed by atoms with Gasteiger partial charge in [-0.2, -0.15) is 0 Å². The number of hydrogen-bond donors (Lipinski definition) is 0. The first kappa shape index (κ1) is 17.0. The summed E-state index contributed by atoms with van der Waals surface area (Å²) in [5, 5.41) is 0. The van der Waals surface area contributed by atoms with Crippen LogP contribution < -0.4 is 0 Å². The third kappa shape index (κ3) is 5.07. The van der Waals surface area contributed by atoms with Crippen LogP contribution in [0.4, 0.5) is 0 Å². The van der Waals surface area contributed by atoms with Crippen LogP contribution in [0.25, 0.3) is 0 Å². The van der Waals surface area contributed by atoms with E-state index in [-0.39, 0.29) is 0 Å². The number of likely N-dealkylation sites (tertiary alicyclic amines) is 1. The molecule has 0 N–H and O–H groups in total. The van der Waals surface area contributed by atoms with E-state index in [2.05, 4.69) is 58.4 Å². The summed E-state index contributed by atoms with van der Waals surface area (Å²) >= 11 is 0. The minimum atomic E-state index is 0.654. The normalized spacial score (nSPS) is 22.4. The molecule has 0 saturated carbocycles. The van der Waals surface area contributed by atoms with Gasteiger partial charge in [0, 0.05) is 18.6 Å². The van der Waals surface area contributed by atoms with Crippen LogP contribution in [0.15, 0.2) is 0 Å². The van der Waals surface area contributed by atoms with Crippen molar-refractivity contribution in [2.24, 2.45) is 17.8 Å². The molecular formula is C17H36N2. The Morgan fingerprint density at radius 3 is 1.95 bits per heavy atom. The largest absolute Gasteiger partial charge is 0.304 e. The lowest BCUT2D eigenvalue weighted by atomic mass is 9.85. The van der Waals surface area contributed by atoms with E-state index in [0.29, 0.717) is 12.1 Å². The van der Waals surface area contributed by atoms with Crippen LogP contribution in [0, 0.1) is 17.8 Å². The molecule has 19 heavy (non-hydrogen) atoms. The van der Waals surface area contributed by atoms with Crippen molar-refractivity contribution in [1.29, 1.82) is 0 Å². The molecule has 0 radical (unpaired) electrons.